The normalized spacial score (nSPS) is 14.2. The maximum atomic E-state index is 13.4. The minimum absolute atomic E-state index is 0. The molecule has 0 N–H and O–H groups in total. The highest BCUT2D eigenvalue weighted by atomic mass is 35.5. The van der Waals surface area contributed by atoms with E-state index < -0.39 is 0 Å². The van der Waals surface area contributed by atoms with Crippen molar-refractivity contribution in [2.75, 3.05) is 58.5 Å². The number of methoxy groups -OCH3 is 2. The van der Waals surface area contributed by atoms with E-state index >= 15 is 0 Å². The topological polar surface area (TPSA) is 64.1 Å². The lowest BCUT2D eigenvalue weighted by Gasteiger charge is -2.28. The molecule has 188 valence electrons. The molecule has 1 fully saturated rings. The first-order valence-electron chi connectivity index (χ1n) is 11.4. The summed E-state index contributed by atoms with van der Waals surface area (Å²) in [7, 11) is 3.20. The number of hydrogen-bond donors (Lipinski definition) is 0. The first-order chi connectivity index (χ1) is 16.5. The Balaban J connectivity index is 0.00000342. The number of rotatable bonds is 8. The third-order valence-electron chi connectivity index (χ3n) is 6.14. The van der Waals surface area contributed by atoms with Crippen LogP contribution >= 0.6 is 23.7 Å². The number of benzene rings is 2. The van der Waals surface area contributed by atoms with Crippen molar-refractivity contribution in [1.82, 2.24) is 9.88 Å². The Hall–Kier alpha value is -2.65. The second kappa shape index (κ2) is 12.4. The molecule has 2 aromatic carbocycles. The molecule has 1 saturated heterocycles. The average Bonchev–Trinajstić information content (AvgIpc) is 3.30. The molecule has 4 rings (SSSR count). The van der Waals surface area contributed by atoms with Gasteiger partial charge in [0.1, 0.15) is 0 Å². The van der Waals surface area contributed by atoms with Crippen LogP contribution in [-0.2, 0) is 9.53 Å². The van der Waals surface area contributed by atoms with E-state index in [1.165, 1.54) is 5.56 Å². The van der Waals surface area contributed by atoms with E-state index in [1.54, 1.807) is 42.6 Å². The van der Waals surface area contributed by atoms with Gasteiger partial charge in [0.2, 0.25) is 0 Å². The highest BCUT2D eigenvalue weighted by molar-refractivity contribution is 7.22. The van der Waals surface area contributed by atoms with E-state index in [0.29, 0.717) is 18.0 Å². The highest BCUT2D eigenvalue weighted by Crippen LogP contribution is 2.32. The quantitative estimate of drug-likeness (QED) is 0.402. The molecule has 0 bridgehead atoms. The van der Waals surface area contributed by atoms with Gasteiger partial charge in [-0.1, -0.05) is 23.5 Å². The highest BCUT2D eigenvalue weighted by Gasteiger charge is 2.21. The molecular formula is C26H32ClN3O4S. The van der Waals surface area contributed by atoms with Crippen LogP contribution in [0.25, 0.3) is 16.3 Å². The van der Waals surface area contributed by atoms with Crippen molar-refractivity contribution in [3.8, 4) is 11.5 Å². The van der Waals surface area contributed by atoms with Crippen LogP contribution in [0.5, 0.6) is 11.5 Å². The average molecular weight is 518 g/mol. The second-order valence-electron chi connectivity index (χ2n) is 8.24. The van der Waals surface area contributed by atoms with Gasteiger partial charge < -0.3 is 14.2 Å². The van der Waals surface area contributed by atoms with Crippen LogP contribution in [0, 0.1) is 13.8 Å². The van der Waals surface area contributed by atoms with Crippen LogP contribution in [0.15, 0.2) is 36.4 Å². The zero-order valence-corrected chi connectivity index (χ0v) is 22.2. The van der Waals surface area contributed by atoms with E-state index in [4.69, 9.17) is 19.2 Å². The van der Waals surface area contributed by atoms with E-state index in [9.17, 15) is 4.79 Å². The zero-order chi connectivity index (χ0) is 24.1. The Labute approximate surface area is 216 Å². The standard InChI is InChI=1S/C26H31N3O4S.ClH/c1-18-5-9-23-25(19(18)2)27-26(34-23)29(12-11-28-13-15-33-16-14-28)24(30)10-7-20-6-8-21(31-3)22(17-20)32-4;/h5-10,17H,11-16H2,1-4H3;1H/b10-7+;. The molecule has 0 unspecified atom stereocenters. The minimum atomic E-state index is -0.100. The molecule has 9 heteroatoms. The van der Waals surface area contributed by atoms with Crippen LogP contribution in [0.4, 0.5) is 5.13 Å². The Morgan fingerprint density at radius 1 is 1.14 bits per heavy atom. The molecule has 1 amide bonds. The molecule has 35 heavy (non-hydrogen) atoms. The van der Waals surface area contributed by atoms with Crippen LogP contribution in [0.2, 0.25) is 0 Å². The van der Waals surface area contributed by atoms with Gasteiger partial charge in [-0.2, -0.15) is 0 Å². The molecular weight excluding hydrogens is 486 g/mol. The van der Waals surface area contributed by atoms with Crippen molar-refractivity contribution in [1.29, 1.82) is 0 Å². The van der Waals surface area contributed by atoms with Crippen molar-refractivity contribution in [2.45, 2.75) is 13.8 Å². The number of aryl methyl sites for hydroxylation is 2. The summed E-state index contributed by atoms with van der Waals surface area (Å²) in [6, 6.07) is 9.77. The molecule has 1 aliphatic rings. The predicted octanol–water partition coefficient (Wildman–Crippen LogP) is 4.73. The number of hydrogen-bond acceptors (Lipinski definition) is 7. The summed E-state index contributed by atoms with van der Waals surface area (Å²) in [5.74, 6) is 1.17. The summed E-state index contributed by atoms with van der Waals surface area (Å²) >= 11 is 1.56. The fourth-order valence-corrected chi connectivity index (χ4v) is 4.97. The maximum Gasteiger partial charge on any atom is 0.252 e. The Morgan fingerprint density at radius 3 is 2.60 bits per heavy atom. The predicted molar refractivity (Wildman–Crippen MR) is 145 cm³/mol. The number of morpholine rings is 1. The molecule has 1 aromatic heterocycles. The van der Waals surface area contributed by atoms with Gasteiger partial charge in [0.15, 0.2) is 16.6 Å². The Morgan fingerprint density at radius 2 is 1.89 bits per heavy atom. The van der Waals surface area contributed by atoms with E-state index in [-0.39, 0.29) is 18.3 Å². The number of thiazole rings is 1. The van der Waals surface area contributed by atoms with Gasteiger partial charge >= 0.3 is 0 Å². The summed E-state index contributed by atoms with van der Waals surface area (Å²) in [5.41, 5.74) is 4.17. The van der Waals surface area contributed by atoms with Gasteiger partial charge in [-0.15, -0.1) is 12.4 Å². The summed E-state index contributed by atoms with van der Waals surface area (Å²) < 4.78 is 17.2. The minimum Gasteiger partial charge on any atom is -0.493 e. The largest absolute Gasteiger partial charge is 0.493 e. The molecule has 0 saturated carbocycles. The summed E-state index contributed by atoms with van der Waals surface area (Å²) in [6.07, 6.45) is 3.40. The van der Waals surface area contributed by atoms with Gasteiger partial charge in [-0.05, 0) is 54.8 Å². The number of nitrogens with zero attached hydrogens (tertiary/aromatic N) is 3. The Kier molecular flexibility index (Phi) is 9.51. The smallest absolute Gasteiger partial charge is 0.252 e. The number of carbonyl (C=O) groups excluding carboxylic acids is 1. The van der Waals surface area contributed by atoms with Gasteiger partial charge in [0.05, 0.1) is 37.6 Å². The van der Waals surface area contributed by atoms with Crippen LogP contribution in [0.1, 0.15) is 16.7 Å². The fraction of sp³-hybridized carbons (Fsp3) is 0.385. The maximum absolute atomic E-state index is 13.4. The number of anilines is 1. The molecule has 2 heterocycles. The molecule has 3 aromatic rings. The van der Waals surface area contributed by atoms with E-state index in [0.717, 1.165) is 59.3 Å². The number of aromatic nitrogens is 1. The number of amides is 1. The summed E-state index contributed by atoms with van der Waals surface area (Å²) in [4.78, 5) is 22.4. The van der Waals surface area contributed by atoms with Crippen molar-refractivity contribution in [2.24, 2.45) is 0 Å². The molecule has 7 nitrogen and oxygen atoms in total. The number of carbonyl (C=O) groups is 1. The van der Waals surface area contributed by atoms with Crippen molar-refractivity contribution < 1.29 is 19.0 Å². The Bertz CT molecular complexity index is 1190. The van der Waals surface area contributed by atoms with Crippen LogP contribution < -0.4 is 14.4 Å². The summed E-state index contributed by atoms with van der Waals surface area (Å²) in [6.45, 7) is 8.71. The molecule has 0 radical (unpaired) electrons. The fourth-order valence-electron chi connectivity index (χ4n) is 3.91. The van der Waals surface area contributed by atoms with E-state index in [1.807, 2.05) is 18.2 Å². The van der Waals surface area contributed by atoms with Crippen molar-refractivity contribution >= 4 is 51.1 Å². The van der Waals surface area contributed by atoms with Gasteiger partial charge in [-0.3, -0.25) is 14.6 Å². The third kappa shape index (κ3) is 6.32. The van der Waals surface area contributed by atoms with Gasteiger partial charge in [-0.25, -0.2) is 4.98 Å². The van der Waals surface area contributed by atoms with Crippen molar-refractivity contribution in [3.05, 3.63) is 53.1 Å². The lowest BCUT2D eigenvalue weighted by atomic mass is 10.1. The molecule has 0 aliphatic carbocycles. The number of fused-ring (bicyclic) bond motifs is 1. The molecule has 1 aliphatic heterocycles. The van der Waals surface area contributed by atoms with Crippen LogP contribution in [-0.4, -0.2) is 69.4 Å². The van der Waals surface area contributed by atoms with Crippen LogP contribution in [0.3, 0.4) is 0 Å². The van der Waals surface area contributed by atoms with Gasteiger partial charge in [0, 0.05) is 32.3 Å². The van der Waals surface area contributed by atoms with E-state index in [2.05, 4.69) is 30.9 Å². The second-order valence-corrected chi connectivity index (χ2v) is 9.25. The lowest BCUT2D eigenvalue weighted by Crippen LogP contribution is -2.42. The molecule has 0 atom stereocenters. The van der Waals surface area contributed by atoms with Crippen molar-refractivity contribution in [3.63, 3.8) is 0 Å². The SMILES string of the molecule is COc1ccc(/C=C/C(=O)N(CCN2CCOCC2)c2nc3c(C)c(C)ccc3s2)cc1OC.Cl. The first kappa shape index (κ1) is 26.9. The zero-order valence-electron chi connectivity index (χ0n) is 20.6. The van der Waals surface area contributed by atoms with Gasteiger partial charge in [0.25, 0.3) is 5.91 Å². The first-order valence-corrected chi connectivity index (χ1v) is 12.2. The monoisotopic (exact) mass is 517 g/mol. The lowest BCUT2D eigenvalue weighted by molar-refractivity contribution is -0.114. The third-order valence-corrected chi connectivity index (χ3v) is 7.18. The number of ether oxygens (including phenoxy) is 3. The molecule has 0 spiro atoms. The number of halogens is 1. The summed E-state index contributed by atoms with van der Waals surface area (Å²) in [5, 5.41) is 0.721.